The minimum absolute atomic E-state index is 0.0439. The summed E-state index contributed by atoms with van der Waals surface area (Å²) in [5.74, 6) is 0. The van der Waals surface area contributed by atoms with Crippen molar-refractivity contribution in [3.05, 3.63) is 18.2 Å². The average Bonchev–Trinajstić information content (AvgIpc) is 2.51. The summed E-state index contributed by atoms with van der Waals surface area (Å²) < 4.78 is 6.20. The summed E-state index contributed by atoms with van der Waals surface area (Å²) in [6, 6.07) is 0. The van der Waals surface area contributed by atoms with Crippen molar-refractivity contribution in [3.63, 3.8) is 0 Å². The Kier molecular flexibility index (Phi) is 2.93. The number of hydrogen-bond acceptors (Lipinski definition) is 3. The van der Waals surface area contributed by atoms with Crippen LogP contribution in [0.5, 0.6) is 0 Å². The van der Waals surface area contributed by atoms with E-state index in [-0.39, 0.29) is 11.5 Å². The maximum atomic E-state index is 11.3. The summed E-state index contributed by atoms with van der Waals surface area (Å²) in [4.78, 5) is 15.4. The van der Waals surface area contributed by atoms with Crippen LogP contribution in [0.2, 0.25) is 0 Å². The van der Waals surface area contributed by atoms with Crippen molar-refractivity contribution in [2.45, 2.75) is 33.1 Å². The van der Waals surface area contributed by atoms with Gasteiger partial charge in [0, 0.05) is 11.6 Å². The SMILES string of the molecule is CCOC(=O)n1cnc(C(C)(C)C)c1. The first kappa shape index (κ1) is 10.8. The van der Waals surface area contributed by atoms with Gasteiger partial charge in [0.2, 0.25) is 0 Å². The van der Waals surface area contributed by atoms with Gasteiger partial charge in [-0.15, -0.1) is 0 Å². The Balaban J connectivity index is 2.83. The summed E-state index contributed by atoms with van der Waals surface area (Å²) in [6.07, 6.45) is 2.81. The van der Waals surface area contributed by atoms with Crippen molar-refractivity contribution in [2.75, 3.05) is 6.61 Å². The van der Waals surface area contributed by atoms with Crippen LogP contribution in [-0.2, 0) is 10.2 Å². The highest BCUT2D eigenvalue weighted by molar-refractivity contribution is 5.70. The van der Waals surface area contributed by atoms with Crippen LogP contribution in [0.3, 0.4) is 0 Å². The predicted octanol–water partition coefficient (Wildman–Crippen LogP) is 2.19. The Morgan fingerprint density at radius 3 is 2.64 bits per heavy atom. The number of rotatable bonds is 1. The van der Waals surface area contributed by atoms with Gasteiger partial charge in [-0.2, -0.15) is 0 Å². The number of ether oxygens (including phenoxy) is 1. The second-order valence-corrected chi connectivity index (χ2v) is 4.12. The van der Waals surface area contributed by atoms with E-state index in [0.29, 0.717) is 6.61 Å². The Labute approximate surface area is 83.9 Å². The third-order valence-electron chi connectivity index (χ3n) is 1.83. The number of nitrogens with zero attached hydrogens (tertiary/aromatic N) is 2. The molecule has 14 heavy (non-hydrogen) atoms. The van der Waals surface area contributed by atoms with Crippen LogP contribution < -0.4 is 0 Å². The third kappa shape index (κ3) is 2.34. The van der Waals surface area contributed by atoms with E-state index in [4.69, 9.17) is 4.74 Å². The minimum atomic E-state index is -0.379. The molecule has 78 valence electrons. The van der Waals surface area contributed by atoms with Crippen LogP contribution in [0.1, 0.15) is 33.4 Å². The second-order valence-electron chi connectivity index (χ2n) is 4.12. The van der Waals surface area contributed by atoms with E-state index in [9.17, 15) is 4.79 Å². The first-order chi connectivity index (χ1) is 6.45. The van der Waals surface area contributed by atoms with Gasteiger partial charge in [0.25, 0.3) is 0 Å². The molecule has 0 bridgehead atoms. The maximum Gasteiger partial charge on any atom is 0.419 e. The van der Waals surface area contributed by atoms with Crippen LogP contribution in [0.15, 0.2) is 12.5 Å². The van der Waals surface area contributed by atoms with Crippen LogP contribution in [0, 0.1) is 0 Å². The first-order valence-electron chi connectivity index (χ1n) is 4.66. The molecule has 0 atom stereocenters. The number of imidazole rings is 1. The summed E-state index contributed by atoms with van der Waals surface area (Å²) in [7, 11) is 0. The molecule has 1 aromatic rings. The lowest BCUT2D eigenvalue weighted by Gasteiger charge is -2.13. The quantitative estimate of drug-likeness (QED) is 0.691. The molecular formula is C10H16N2O2. The van der Waals surface area contributed by atoms with Crippen molar-refractivity contribution in [2.24, 2.45) is 0 Å². The topological polar surface area (TPSA) is 44.1 Å². The monoisotopic (exact) mass is 196 g/mol. The lowest BCUT2D eigenvalue weighted by Crippen LogP contribution is -2.13. The van der Waals surface area contributed by atoms with Gasteiger partial charge in [-0.25, -0.2) is 14.3 Å². The van der Waals surface area contributed by atoms with Gasteiger partial charge in [-0.1, -0.05) is 20.8 Å². The van der Waals surface area contributed by atoms with Crippen LogP contribution in [0.4, 0.5) is 4.79 Å². The standard InChI is InChI=1S/C10H16N2O2/c1-5-14-9(13)12-6-8(11-7-12)10(2,3)4/h6-7H,5H2,1-4H3. The van der Waals surface area contributed by atoms with Gasteiger partial charge in [0.15, 0.2) is 0 Å². The van der Waals surface area contributed by atoms with E-state index >= 15 is 0 Å². The third-order valence-corrected chi connectivity index (χ3v) is 1.83. The fraction of sp³-hybridized carbons (Fsp3) is 0.600. The minimum Gasteiger partial charge on any atom is -0.449 e. The molecular weight excluding hydrogens is 180 g/mol. The molecule has 0 saturated heterocycles. The number of hydrogen-bond donors (Lipinski definition) is 0. The Bertz CT molecular complexity index is 323. The van der Waals surface area contributed by atoms with Crippen LogP contribution in [-0.4, -0.2) is 22.3 Å². The molecule has 0 unspecified atom stereocenters. The molecule has 1 aromatic heterocycles. The molecule has 0 amide bonds. The second kappa shape index (κ2) is 3.82. The van der Waals surface area contributed by atoms with E-state index < -0.39 is 0 Å². The van der Waals surface area contributed by atoms with Gasteiger partial charge in [0.1, 0.15) is 6.33 Å². The van der Waals surface area contributed by atoms with Gasteiger partial charge in [0.05, 0.1) is 12.3 Å². The van der Waals surface area contributed by atoms with E-state index in [1.54, 1.807) is 13.1 Å². The number of carbonyl (C=O) groups excluding carboxylic acids is 1. The zero-order chi connectivity index (χ0) is 10.8. The molecule has 0 aromatic carbocycles. The van der Waals surface area contributed by atoms with Crippen LogP contribution in [0.25, 0.3) is 0 Å². The fourth-order valence-electron chi connectivity index (χ4n) is 1.01. The summed E-state index contributed by atoms with van der Waals surface area (Å²) in [6.45, 7) is 8.29. The molecule has 0 aliphatic heterocycles. The van der Waals surface area contributed by atoms with Crippen molar-refractivity contribution < 1.29 is 9.53 Å². The van der Waals surface area contributed by atoms with Crippen molar-refractivity contribution in [1.82, 2.24) is 9.55 Å². The van der Waals surface area contributed by atoms with Gasteiger partial charge < -0.3 is 4.74 Å². The van der Waals surface area contributed by atoms with E-state index in [1.165, 1.54) is 10.9 Å². The molecule has 0 radical (unpaired) electrons. The molecule has 4 nitrogen and oxygen atoms in total. The number of carbonyl (C=O) groups is 1. The molecule has 0 spiro atoms. The summed E-state index contributed by atoms with van der Waals surface area (Å²) in [5, 5.41) is 0. The van der Waals surface area contributed by atoms with Crippen molar-refractivity contribution in [1.29, 1.82) is 0 Å². The van der Waals surface area contributed by atoms with Crippen LogP contribution >= 0.6 is 0 Å². The van der Waals surface area contributed by atoms with Crippen molar-refractivity contribution >= 4 is 6.09 Å². The molecule has 0 aliphatic rings. The summed E-state index contributed by atoms with van der Waals surface area (Å²) >= 11 is 0. The molecule has 0 fully saturated rings. The van der Waals surface area contributed by atoms with Gasteiger partial charge in [-0.05, 0) is 6.92 Å². The van der Waals surface area contributed by atoms with Crippen molar-refractivity contribution in [3.8, 4) is 0 Å². The normalized spacial score (nSPS) is 11.4. The molecule has 0 saturated carbocycles. The lowest BCUT2D eigenvalue weighted by atomic mass is 9.93. The zero-order valence-electron chi connectivity index (χ0n) is 9.07. The predicted molar refractivity (Wildman–Crippen MR) is 53.3 cm³/mol. The fourth-order valence-corrected chi connectivity index (χ4v) is 1.01. The highest BCUT2D eigenvalue weighted by atomic mass is 16.5. The molecule has 0 N–H and O–H groups in total. The van der Waals surface area contributed by atoms with E-state index in [2.05, 4.69) is 4.98 Å². The zero-order valence-corrected chi connectivity index (χ0v) is 9.07. The highest BCUT2D eigenvalue weighted by Crippen LogP contribution is 2.19. The molecule has 4 heteroatoms. The maximum absolute atomic E-state index is 11.3. The van der Waals surface area contributed by atoms with E-state index in [1.807, 2.05) is 20.8 Å². The molecule has 0 aliphatic carbocycles. The first-order valence-corrected chi connectivity index (χ1v) is 4.66. The van der Waals surface area contributed by atoms with E-state index in [0.717, 1.165) is 5.69 Å². The number of aromatic nitrogens is 2. The highest BCUT2D eigenvalue weighted by Gasteiger charge is 2.18. The molecule has 1 heterocycles. The molecule has 1 rings (SSSR count). The Hall–Kier alpha value is -1.32. The average molecular weight is 196 g/mol. The summed E-state index contributed by atoms with van der Waals surface area (Å²) in [5.41, 5.74) is 0.836. The van der Waals surface area contributed by atoms with Gasteiger partial charge in [-0.3, -0.25) is 0 Å². The smallest absolute Gasteiger partial charge is 0.419 e. The Morgan fingerprint density at radius 2 is 2.21 bits per heavy atom. The van der Waals surface area contributed by atoms with Gasteiger partial charge >= 0.3 is 6.09 Å². The largest absolute Gasteiger partial charge is 0.449 e. The lowest BCUT2D eigenvalue weighted by molar-refractivity contribution is 0.154. The Morgan fingerprint density at radius 1 is 1.57 bits per heavy atom.